The zero-order chi connectivity index (χ0) is 13.5. The Labute approximate surface area is 119 Å². The Morgan fingerprint density at radius 2 is 2.16 bits per heavy atom. The number of likely N-dealkylation sites (N-methyl/N-ethyl adjacent to an activating group) is 1. The van der Waals surface area contributed by atoms with Crippen LogP contribution >= 0.6 is 11.8 Å². The number of rotatable bonds is 5. The van der Waals surface area contributed by atoms with Crippen molar-refractivity contribution in [2.45, 2.75) is 13.0 Å². The van der Waals surface area contributed by atoms with Gasteiger partial charge in [0.2, 0.25) is 0 Å². The lowest BCUT2D eigenvalue weighted by Gasteiger charge is -2.28. The number of nitrogens with zero attached hydrogens (tertiary/aromatic N) is 4. The molecular weight excluding hydrogens is 256 g/mol. The van der Waals surface area contributed by atoms with Crippen LogP contribution in [0, 0.1) is 0 Å². The molecule has 0 saturated heterocycles. The van der Waals surface area contributed by atoms with Gasteiger partial charge in [-0.1, -0.05) is 17.8 Å². The highest BCUT2D eigenvalue weighted by atomic mass is 32.2. The number of hydrogen-bond acceptors (Lipinski definition) is 5. The lowest BCUT2D eigenvalue weighted by molar-refractivity contribution is 0.326. The lowest BCUT2D eigenvalue weighted by atomic mass is 10.3. The van der Waals surface area contributed by atoms with Gasteiger partial charge in [-0.15, -0.1) is 0 Å². The first kappa shape index (κ1) is 14.3. The van der Waals surface area contributed by atoms with E-state index in [0.29, 0.717) is 0 Å². The highest BCUT2D eigenvalue weighted by Gasteiger charge is 2.15. The highest BCUT2D eigenvalue weighted by Crippen LogP contribution is 2.17. The van der Waals surface area contributed by atoms with Gasteiger partial charge in [-0.25, -0.2) is 0 Å². The second-order valence-electron chi connectivity index (χ2n) is 4.91. The molecule has 19 heavy (non-hydrogen) atoms. The minimum Gasteiger partial charge on any atom is -0.344 e. The maximum Gasteiger partial charge on any atom is 0.159 e. The predicted molar refractivity (Wildman–Crippen MR) is 82.6 cm³/mol. The van der Waals surface area contributed by atoms with E-state index in [2.05, 4.69) is 39.9 Å². The summed E-state index contributed by atoms with van der Waals surface area (Å²) in [7, 11) is 4.21. The third-order valence-electron chi connectivity index (χ3n) is 2.95. The van der Waals surface area contributed by atoms with E-state index in [1.165, 1.54) is 17.3 Å². The SMILES string of the molecule is CN(C)CCN(Cc1ccccn1)C1=NCCCS1. The summed E-state index contributed by atoms with van der Waals surface area (Å²) in [4.78, 5) is 13.6. The molecule has 0 aromatic carbocycles. The molecule has 0 atom stereocenters. The Balaban J connectivity index is 2.03. The number of aliphatic imine (C=N–C) groups is 1. The van der Waals surface area contributed by atoms with E-state index in [4.69, 9.17) is 0 Å². The summed E-state index contributed by atoms with van der Waals surface area (Å²) >= 11 is 1.87. The molecule has 1 aromatic rings. The van der Waals surface area contributed by atoms with Crippen LogP contribution in [0.25, 0.3) is 0 Å². The van der Waals surface area contributed by atoms with Crippen molar-refractivity contribution in [2.75, 3.05) is 39.5 Å². The van der Waals surface area contributed by atoms with E-state index in [-0.39, 0.29) is 0 Å². The summed E-state index contributed by atoms with van der Waals surface area (Å²) in [6, 6.07) is 6.08. The molecule has 0 spiro atoms. The molecule has 5 heteroatoms. The second kappa shape index (κ2) is 7.50. The molecule has 4 nitrogen and oxygen atoms in total. The van der Waals surface area contributed by atoms with Crippen LogP contribution in [-0.4, -0.2) is 59.4 Å². The third kappa shape index (κ3) is 4.84. The predicted octanol–water partition coefficient (Wildman–Crippen LogP) is 1.94. The van der Waals surface area contributed by atoms with Crippen LogP contribution in [-0.2, 0) is 6.54 Å². The first-order chi connectivity index (χ1) is 9.25. The van der Waals surface area contributed by atoms with Gasteiger partial charge in [0.05, 0.1) is 12.2 Å². The van der Waals surface area contributed by atoms with Crippen LogP contribution in [0.3, 0.4) is 0 Å². The van der Waals surface area contributed by atoms with Crippen molar-refractivity contribution in [3.8, 4) is 0 Å². The maximum absolute atomic E-state index is 4.66. The number of hydrogen-bond donors (Lipinski definition) is 0. The van der Waals surface area contributed by atoms with E-state index < -0.39 is 0 Å². The summed E-state index contributed by atoms with van der Waals surface area (Å²) in [5, 5.41) is 1.18. The maximum atomic E-state index is 4.66. The Kier molecular flexibility index (Phi) is 5.66. The second-order valence-corrected chi connectivity index (χ2v) is 5.97. The van der Waals surface area contributed by atoms with Crippen LogP contribution in [0.2, 0.25) is 0 Å². The van der Waals surface area contributed by atoms with Crippen molar-refractivity contribution in [3.63, 3.8) is 0 Å². The quantitative estimate of drug-likeness (QED) is 0.824. The van der Waals surface area contributed by atoms with Gasteiger partial charge >= 0.3 is 0 Å². The van der Waals surface area contributed by atoms with Crippen LogP contribution < -0.4 is 0 Å². The van der Waals surface area contributed by atoms with Crippen molar-refractivity contribution in [1.82, 2.24) is 14.8 Å². The van der Waals surface area contributed by atoms with Crippen molar-refractivity contribution in [2.24, 2.45) is 4.99 Å². The molecule has 104 valence electrons. The highest BCUT2D eigenvalue weighted by molar-refractivity contribution is 8.13. The average Bonchev–Trinajstić information content (AvgIpc) is 2.45. The Hall–Kier alpha value is -1.07. The molecule has 0 radical (unpaired) electrons. The van der Waals surface area contributed by atoms with Gasteiger partial charge in [-0.2, -0.15) is 0 Å². The van der Waals surface area contributed by atoms with E-state index in [1.54, 1.807) is 0 Å². The smallest absolute Gasteiger partial charge is 0.159 e. The van der Waals surface area contributed by atoms with Gasteiger partial charge in [0.15, 0.2) is 5.17 Å². The zero-order valence-corrected chi connectivity index (χ0v) is 12.6. The zero-order valence-electron chi connectivity index (χ0n) is 11.7. The molecule has 0 bridgehead atoms. The van der Waals surface area contributed by atoms with Gasteiger partial charge < -0.3 is 9.80 Å². The van der Waals surface area contributed by atoms with Crippen LogP contribution in [0.15, 0.2) is 29.4 Å². The Morgan fingerprint density at radius 1 is 1.26 bits per heavy atom. The molecule has 0 amide bonds. The van der Waals surface area contributed by atoms with Crippen LogP contribution in [0.1, 0.15) is 12.1 Å². The monoisotopic (exact) mass is 278 g/mol. The summed E-state index contributed by atoms with van der Waals surface area (Å²) in [5.41, 5.74) is 1.11. The van der Waals surface area contributed by atoms with Gasteiger partial charge in [-0.3, -0.25) is 9.98 Å². The largest absolute Gasteiger partial charge is 0.344 e. The molecule has 0 aliphatic carbocycles. The fourth-order valence-corrected chi connectivity index (χ4v) is 2.87. The third-order valence-corrected chi connectivity index (χ3v) is 4.09. The van der Waals surface area contributed by atoms with Crippen molar-refractivity contribution >= 4 is 16.9 Å². The van der Waals surface area contributed by atoms with Gasteiger partial charge in [-0.05, 0) is 32.6 Å². The van der Waals surface area contributed by atoms with E-state index >= 15 is 0 Å². The molecule has 0 fully saturated rings. The van der Waals surface area contributed by atoms with E-state index in [1.807, 2.05) is 30.1 Å². The van der Waals surface area contributed by atoms with Gasteiger partial charge in [0.25, 0.3) is 0 Å². The Morgan fingerprint density at radius 3 is 2.79 bits per heavy atom. The molecule has 1 aliphatic rings. The summed E-state index contributed by atoms with van der Waals surface area (Å²) in [6.07, 6.45) is 3.05. The molecule has 0 unspecified atom stereocenters. The van der Waals surface area contributed by atoms with Crippen molar-refractivity contribution in [1.29, 1.82) is 0 Å². The first-order valence-corrected chi connectivity index (χ1v) is 7.71. The first-order valence-electron chi connectivity index (χ1n) is 6.72. The topological polar surface area (TPSA) is 31.7 Å². The van der Waals surface area contributed by atoms with Gasteiger partial charge in [0.1, 0.15) is 0 Å². The molecule has 2 heterocycles. The lowest BCUT2D eigenvalue weighted by Crippen LogP contribution is -2.36. The summed E-state index contributed by atoms with van der Waals surface area (Å²) in [5.74, 6) is 1.18. The molecule has 0 N–H and O–H groups in total. The Bertz CT molecular complexity index is 405. The number of aromatic nitrogens is 1. The molecule has 2 rings (SSSR count). The molecule has 1 aromatic heterocycles. The van der Waals surface area contributed by atoms with Gasteiger partial charge in [0, 0.05) is 31.6 Å². The fraction of sp³-hybridized carbons (Fsp3) is 0.571. The fourth-order valence-electron chi connectivity index (χ4n) is 1.89. The molecular formula is C14H22N4S. The normalized spacial score (nSPS) is 15.4. The standard InChI is InChI=1S/C14H22N4S/c1-17(2)9-10-18(14-16-8-5-11-19-14)12-13-6-3-4-7-15-13/h3-4,6-7H,5,8-12H2,1-2H3. The van der Waals surface area contributed by atoms with Crippen molar-refractivity contribution in [3.05, 3.63) is 30.1 Å². The van der Waals surface area contributed by atoms with Crippen molar-refractivity contribution < 1.29 is 0 Å². The summed E-state index contributed by atoms with van der Waals surface area (Å²) in [6.45, 7) is 3.84. The van der Waals surface area contributed by atoms with Crippen LogP contribution in [0.4, 0.5) is 0 Å². The minimum absolute atomic E-state index is 0.848. The van der Waals surface area contributed by atoms with E-state index in [0.717, 1.165) is 31.9 Å². The number of thioether (sulfide) groups is 1. The molecule has 0 saturated carbocycles. The summed E-state index contributed by atoms with van der Waals surface area (Å²) < 4.78 is 0. The number of amidine groups is 1. The minimum atomic E-state index is 0.848. The molecule has 1 aliphatic heterocycles. The number of pyridine rings is 1. The van der Waals surface area contributed by atoms with Crippen LogP contribution in [0.5, 0.6) is 0 Å². The van der Waals surface area contributed by atoms with E-state index in [9.17, 15) is 0 Å². The average molecular weight is 278 g/mol.